The number of aromatic nitrogens is 2. The lowest BCUT2D eigenvalue weighted by molar-refractivity contribution is 0.660. The normalized spacial score (nSPS) is 14.1. The standard InChI is InChI=1S/C60H44N2/c1-59(2)50-25-15-13-21-42(50)44-30-28-40(34-52(44)59)56-46-23-11-12-24-47(46)57(41-29-31-45-43-22-14-16-26-51(43)60(3,4)53(45)35-41)49-33-39(27-32-48(49)56)55-36-54(37-17-7-5-8-18-37)61-58(62-55)38-19-9-6-10-20-38/h5-36H,1-4H3. The lowest BCUT2D eigenvalue weighted by Crippen LogP contribution is -2.15. The quantitative estimate of drug-likeness (QED) is 0.162. The van der Waals surface area contributed by atoms with Gasteiger partial charge in [-0.25, -0.2) is 9.97 Å². The molecule has 0 saturated carbocycles. The van der Waals surface area contributed by atoms with Gasteiger partial charge in [-0.3, -0.25) is 0 Å². The minimum absolute atomic E-state index is 0.116. The summed E-state index contributed by atoms with van der Waals surface area (Å²) in [5, 5.41) is 4.91. The van der Waals surface area contributed by atoms with Crippen molar-refractivity contribution >= 4 is 21.5 Å². The van der Waals surface area contributed by atoms with Gasteiger partial charge in [-0.1, -0.05) is 198 Å². The van der Waals surface area contributed by atoms with E-state index in [1.807, 2.05) is 6.07 Å². The van der Waals surface area contributed by atoms with Gasteiger partial charge in [0, 0.05) is 27.5 Å². The van der Waals surface area contributed by atoms with Crippen LogP contribution in [-0.2, 0) is 10.8 Å². The third kappa shape index (κ3) is 5.43. The molecule has 0 radical (unpaired) electrons. The fourth-order valence-electron chi connectivity index (χ4n) is 10.7. The van der Waals surface area contributed by atoms with Crippen LogP contribution in [0.5, 0.6) is 0 Å². The van der Waals surface area contributed by atoms with Crippen molar-refractivity contribution in [3.63, 3.8) is 0 Å². The van der Waals surface area contributed by atoms with Crippen LogP contribution in [0.15, 0.2) is 194 Å². The molecule has 1 heterocycles. The first kappa shape index (κ1) is 36.4. The molecule has 0 spiro atoms. The molecule has 0 bridgehead atoms. The summed E-state index contributed by atoms with van der Waals surface area (Å²) in [6.45, 7) is 9.48. The zero-order chi connectivity index (χ0) is 41.7. The Labute approximate surface area is 363 Å². The molecular formula is C60H44N2. The lowest BCUT2D eigenvalue weighted by Gasteiger charge is -2.24. The molecule has 0 fully saturated rings. The van der Waals surface area contributed by atoms with Crippen LogP contribution in [0.1, 0.15) is 49.9 Å². The Kier molecular flexibility index (Phi) is 7.96. The summed E-state index contributed by atoms with van der Waals surface area (Å²) < 4.78 is 0. The van der Waals surface area contributed by atoms with E-state index in [-0.39, 0.29) is 10.8 Å². The third-order valence-corrected chi connectivity index (χ3v) is 13.9. The van der Waals surface area contributed by atoms with Crippen molar-refractivity contribution in [1.29, 1.82) is 0 Å². The van der Waals surface area contributed by atoms with Crippen LogP contribution in [0.4, 0.5) is 0 Å². The molecular weight excluding hydrogens is 749 g/mol. The molecule has 0 N–H and O–H groups in total. The molecule has 2 heteroatoms. The Balaban J connectivity index is 1.14. The maximum atomic E-state index is 5.30. The summed E-state index contributed by atoms with van der Waals surface area (Å²) >= 11 is 0. The van der Waals surface area contributed by atoms with E-state index in [0.717, 1.165) is 28.1 Å². The topological polar surface area (TPSA) is 25.8 Å². The fraction of sp³-hybridized carbons (Fsp3) is 0.100. The molecule has 2 aliphatic rings. The Morgan fingerprint density at radius 3 is 1.27 bits per heavy atom. The van der Waals surface area contributed by atoms with Crippen molar-refractivity contribution in [3.8, 4) is 78.4 Å². The molecule has 9 aromatic carbocycles. The van der Waals surface area contributed by atoms with E-state index in [0.29, 0.717) is 5.82 Å². The highest BCUT2D eigenvalue weighted by atomic mass is 14.9. The fourth-order valence-corrected chi connectivity index (χ4v) is 10.7. The van der Waals surface area contributed by atoms with Crippen LogP contribution in [0.3, 0.4) is 0 Å². The van der Waals surface area contributed by atoms with E-state index in [1.54, 1.807) is 0 Å². The van der Waals surface area contributed by atoms with E-state index in [1.165, 1.54) is 88.3 Å². The monoisotopic (exact) mass is 792 g/mol. The lowest BCUT2D eigenvalue weighted by atomic mass is 9.79. The molecule has 0 unspecified atom stereocenters. The van der Waals surface area contributed by atoms with Crippen molar-refractivity contribution in [2.75, 3.05) is 0 Å². The Hall–Kier alpha value is -7.42. The van der Waals surface area contributed by atoms with Crippen LogP contribution in [0.2, 0.25) is 0 Å². The molecule has 1 aromatic heterocycles. The van der Waals surface area contributed by atoms with E-state index < -0.39 is 0 Å². The molecule has 0 saturated heterocycles. The van der Waals surface area contributed by atoms with Crippen LogP contribution in [0, 0.1) is 0 Å². The summed E-state index contributed by atoms with van der Waals surface area (Å²) in [5.74, 6) is 0.712. The smallest absolute Gasteiger partial charge is 0.160 e. The van der Waals surface area contributed by atoms with Crippen molar-refractivity contribution in [2.45, 2.75) is 38.5 Å². The molecule has 294 valence electrons. The van der Waals surface area contributed by atoms with E-state index >= 15 is 0 Å². The van der Waals surface area contributed by atoms with Gasteiger partial charge in [0.05, 0.1) is 11.4 Å². The number of hydrogen-bond acceptors (Lipinski definition) is 2. The van der Waals surface area contributed by atoms with Crippen molar-refractivity contribution in [2.24, 2.45) is 0 Å². The average Bonchev–Trinajstić information content (AvgIpc) is 3.69. The summed E-state index contributed by atoms with van der Waals surface area (Å²) in [6, 6.07) is 71.2. The highest BCUT2D eigenvalue weighted by Gasteiger charge is 2.37. The summed E-state index contributed by atoms with van der Waals surface area (Å²) in [4.78, 5) is 10.4. The molecule has 0 atom stereocenters. The Morgan fingerprint density at radius 2 is 0.710 bits per heavy atom. The molecule has 10 aromatic rings. The number of fused-ring (bicyclic) bond motifs is 8. The second-order valence-corrected chi connectivity index (χ2v) is 18.1. The Bertz CT molecular complexity index is 3390. The van der Waals surface area contributed by atoms with Gasteiger partial charge in [-0.05, 0) is 113 Å². The van der Waals surface area contributed by atoms with Crippen LogP contribution < -0.4 is 0 Å². The minimum Gasteiger partial charge on any atom is -0.228 e. The molecule has 2 nitrogen and oxygen atoms in total. The van der Waals surface area contributed by atoms with Gasteiger partial charge in [0.25, 0.3) is 0 Å². The molecule has 12 rings (SSSR count). The first-order chi connectivity index (χ1) is 30.3. The van der Waals surface area contributed by atoms with Gasteiger partial charge < -0.3 is 0 Å². The van der Waals surface area contributed by atoms with Crippen LogP contribution in [-0.4, -0.2) is 9.97 Å². The van der Waals surface area contributed by atoms with Gasteiger partial charge in [-0.2, -0.15) is 0 Å². The van der Waals surface area contributed by atoms with Gasteiger partial charge >= 0.3 is 0 Å². The summed E-state index contributed by atoms with van der Waals surface area (Å²) in [5.41, 5.74) is 20.4. The minimum atomic E-state index is -0.129. The van der Waals surface area contributed by atoms with Gasteiger partial charge in [0.1, 0.15) is 0 Å². The van der Waals surface area contributed by atoms with Crippen molar-refractivity contribution < 1.29 is 0 Å². The van der Waals surface area contributed by atoms with E-state index in [4.69, 9.17) is 9.97 Å². The third-order valence-electron chi connectivity index (χ3n) is 13.9. The maximum Gasteiger partial charge on any atom is 0.160 e. The van der Waals surface area contributed by atoms with Gasteiger partial charge in [0.2, 0.25) is 0 Å². The van der Waals surface area contributed by atoms with Crippen molar-refractivity contribution in [1.82, 2.24) is 9.97 Å². The zero-order valence-electron chi connectivity index (χ0n) is 35.4. The number of nitrogens with zero attached hydrogens (tertiary/aromatic N) is 2. The largest absolute Gasteiger partial charge is 0.228 e. The highest BCUT2D eigenvalue weighted by Crippen LogP contribution is 2.53. The highest BCUT2D eigenvalue weighted by molar-refractivity contribution is 6.22. The van der Waals surface area contributed by atoms with Crippen LogP contribution in [0.25, 0.3) is 100.0 Å². The average molecular weight is 793 g/mol. The first-order valence-electron chi connectivity index (χ1n) is 21.7. The molecule has 0 aliphatic heterocycles. The second kappa shape index (κ2) is 13.5. The molecule has 0 amide bonds. The van der Waals surface area contributed by atoms with Crippen molar-refractivity contribution in [3.05, 3.63) is 216 Å². The van der Waals surface area contributed by atoms with E-state index in [2.05, 4.69) is 216 Å². The van der Waals surface area contributed by atoms with Gasteiger partial charge in [-0.15, -0.1) is 0 Å². The molecule has 2 aliphatic carbocycles. The number of benzene rings is 9. The maximum absolute atomic E-state index is 5.30. The number of hydrogen-bond donors (Lipinski definition) is 0. The zero-order valence-corrected chi connectivity index (χ0v) is 35.4. The Morgan fingerprint density at radius 1 is 0.290 bits per heavy atom. The second-order valence-electron chi connectivity index (χ2n) is 18.1. The molecule has 62 heavy (non-hydrogen) atoms. The predicted octanol–water partition coefficient (Wildman–Crippen LogP) is 15.7. The summed E-state index contributed by atoms with van der Waals surface area (Å²) in [6.07, 6.45) is 0. The van der Waals surface area contributed by atoms with Crippen LogP contribution >= 0.6 is 0 Å². The number of rotatable bonds is 5. The predicted molar refractivity (Wildman–Crippen MR) is 259 cm³/mol. The SMILES string of the molecule is CC1(C)c2ccccc2-c2ccc(-c3c4ccccc4c(-c4ccc5c(c4)C(C)(C)c4ccccc4-5)c4cc(-c5cc(-c6ccccc6)nc(-c6ccccc6)n5)ccc34)cc21. The summed E-state index contributed by atoms with van der Waals surface area (Å²) in [7, 11) is 0. The van der Waals surface area contributed by atoms with E-state index in [9.17, 15) is 0 Å². The first-order valence-corrected chi connectivity index (χ1v) is 21.7. The van der Waals surface area contributed by atoms with Gasteiger partial charge in [0.15, 0.2) is 5.82 Å².